The fraction of sp³-hybridized carbons (Fsp3) is 0.429. The van der Waals surface area contributed by atoms with E-state index < -0.39 is 7.73 Å². The highest BCUT2D eigenvalue weighted by atomic mass is 35.7. The molecule has 2 aromatic carbocycles. The monoisotopic (exact) mass is 376 g/mol. The number of hydrogen-bond acceptors (Lipinski definition) is 2. The maximum absolute atomic E-state index is 6.53. The van der Waals surface area contributed by atoms with E-state index in [1.807, 2.05) is 0 Å². The van der Waals surface area contributed by atoms with E-state index in [4.69, 9.17) is 20.3 Å². The summed E-state index contributed by atoms with van der Waals surface area (Å²) in [6.45, 7) is 13.0. The van der Waals surface area contributed by atoms with Gasteiger partial charge in [0.05, 0.1) is 0 Å². The molecule has 2 nitrogen and oxygen atoms in total. The lowest BCUT2D eigenvalue weighted by Gasteiger charge is -2.28. The van der Waals surface area contributed by atoms with E-state index in [1.165, 1.54) is 33.4 Å². The van der Waals surface area contributed by atoms with Crippen LogP contribution in [-0.2, 0) is 6.42 Å². The fourth-order valence-corrected chi connectivity index (χ4v) is 4.56. The number of halogens is 1. The molecule has 0 saturated heterocycles. The zero-order valence-electron chi connectivity index (χ0n) is 15.8. The second kappa shape index (κ2) is 7.17. The molecule has 3 rings (SSSR count). The van der Waals surface area contributed by atoms with Crippen LogP contribution in [0.1, 0.15) is 72.9 Å². The zero-order valence-corrected chi connectivity index (χ0v) is 17.5. The first-order valence-corrected chi connectivity index (χ1v) is 10.9. The van der Waals surface area contributed by atoms with E-state index in [0.29, 0.717) is 11.8 Å². The summed E-state index contributed by atoms with van der Waals surface area (Å²) < 4.78 is 12.3. The first kappa shape index (κ1) is 18.5. The highest BCUT2D eigenvalue weighted by molar-refractivity contribution is 7.76. The van der Waals surface area contributed by atoms with Gasteiger partial charge in [0.1, 0.15) is 11.5 Å². The van der Waals surface area contributed by atoms with E-state index in [-0.39, 0.29) is 0 Å². The summed E-state index contributed by atoms with van der Waals surface area (Å²) >= 11 is 6.53. The van der Waals surface area contributed by atoms with Gasteiger partial charge in [0, 0.05) is 17.5 Å². The van der Waals surface area contributed by atoms with Crippen LogP contribution in [0.4, 0.5) is 0 Å². The lowest BCUT2D eigenvalue weighted by atomic mass is 9.89. The third kappa shape index (κ3) is 3.52. The van der Waals surface area contributed by atoms with Gasteiger partial charge >= 0.3 is 7.73 Å². The maximum atomic E-state index is 6.53. The first-order chi connectivity index (χ1) is 11.8. The van der Waals surface area contributed by atoms with Crippen LogP contribution in [0, 0.1) is 13.8 Å². The van der Waals surface area contributed by atoms with Crippen LogP contribution in [0.15, 0.2) is 24.3 Å². The molecular formula is C21H26ClO2P. The molecule has 0 fully saturated rings. The Hall–Kier alpha value is -1.24. The quantitative estimate of drug-likeness (QED) is 0.509. The van der Waals surface area contributed by atoms with E-state index >= 15 is 0 Å². The molecule has 0 N–H and O–H groups in total. The number of rotatable bonds is 2. The van der Waals surface area contributed by atoms with E-state index in [0.717, 1.165) is 17.9 Å². The average Bonchev–Trinajstić information content (AvgIpc) is 2.50. The van der Waals surface area contributed by atoms with Gasteiger partial charge in [-0.3, -0.25) is 0 Å². The molecule has 0 amide bonds. The van der Waals surface area contributed by atoms with Crippen LogP contribution in [0.2, 0.25) is 0 Å². The van der Waals surface area contributed by atoms with Crippen molar-refractivity contribution in [3.05, 3.63) is 57.6 Å². The molecule has 0 radical (unpaired) electrons. The Labute approximate surface area is 157 Å². The molecule has 0 bridgehead atoms. The predicted molar refractivity (Wildman–Crippen MR) is 107 cm³/mol. The predicted octanol–water partition coefficient (Wildman–Crippen LogP) is 7.38. The maximum Gasteiger partial charge on any atom is 0.401 e. The molecule has 134 valence electrons. The second-order valence-electron chi connectivity index (χ2n) is 7.44. The van der Waals surface area contributed by atoms with Crippen LogP contribution in [0.5, 0.6) is 11.5 Å². The SMILES string of the molecule is Cc1ccc(C(C)C)c2c1Cc1c(C)ccc(C(C)C)c1OP(Cl)O2. The van der Waals surface area contributed by atoms with Gasteiger partial charge in [-0.2, -0.15) is 0 Å². The summed E-state index contributed by atoms with van der Waals surface area (Å²) in [4.78, 5) is 0. The molecule has 0 atom stereocenters. The van der Waals surface area contributed by atoms with Crippen LogP contribution in [-0.4, -0.2) is 0 Å². The topological polar surface area (TPSA) is 18.5 Å². The van der Waals surface area contributed by atoms with Gasteiger partial charge in [-0.15, -0.1) is 0 Å². The number of fused-ring (bicyclic) bond motifs is 2. The van der Waals surface area contributed by atoms with Crippen LogP contribution in [0.25, 0.3) is 0 Å². The normalized spacial score (nSPS) is 14.4. The van der Waals surface area contributed by atoms with Gasteiger partial charge in [0.2, 0.25) is 0 Å². The highest BCUT2D eigenvalue weighted by Crippen LogP contribution is 2.53. The largest absolute Gasteiger partial charge is 0.427 e. The molecular weight excluding hydrogens is 351 g/mol. The minimum Gasteiger partial charge on any atom is -0.427 e. The molecule has 0 unspecified atom stereocenters. The Morgan fingerprint density at radius 1 is 0.800 bits per heavy atom. The second-order valence-corrected chi connectivity index (χ2v) is 9.06. The van der Waals surface area contributed by atoms with Gasteiger partial charge in [0.15, 0.2) is 0 Å². The molecule has 2 aromatic rings. The molecule has 1 heterocycles. The van der Waals surface area contributed by atoms with Crippen molar-refractivity contribution in [1.82, 2.24) is 0 Å². The lowest BCUT2D eigenvalue weighted by Crippen LogP contribution is -2.10. The van der Waals surface area contributed by atoms with Crippen LogP contribution >= 0.6 is 19.0 Å². The van der Waals surface area contributed by atoms with E-state index in [2.05, 4.69) is 65.8 Å². The smallest absolute Gasteiger partial charge is 0.401 e. The first-order valence-electron chi connectivity index (χ1n) is 8.86. The van der Waals surface area contributed by atoms with Crippen molar-refractivity contribution in [2.75, 3.05) is 0 Å². The molecule has 4 heteroatoms. The lowest BCUT2D eigenvalue weighted by molar-refractivity contribution is 0.482. The van der Waals surface area contributed by atoms with Gasteiger partial charge in [-0.05, 0) is 59.2 Å². The van der Waals surface area contributed by atoms with Gasteiger partial charge in [-0.1, -0.05) is 52.0 Å². The Morgan fingerprint density at radius 3 is 1.56 bits per heavy atom. The Balaban J connectivity index is 2.25. The molecule has 1 aliphatic rings. The molecule has 0 aliphatic carbocycles. The number of hydrogen-bond donors (Lipinski definition) is 0. The number of aryl methyl sites for hydroxylation is 2. The van der Waals surface area contributed by atoms with Crippen molar-refractivity contribution in [3.8, 4) is 11.5 Å². The Morgan fingerprint density at radius 2 is 1.20 bits per heavy atom. The highest BCUT2D eigenvalue weighted by Gasteiger charge is 2.28. The summed E-state index contributed by atoms with van der Waals surface area (Å²) in [6, 6.07) is 8.69. The summed E-state index contributed by atoms with van der Waals surface area (Å²) in [5.74, 6) is 2.57. The minimum atomic E-state index is -1.54. The Bertz CT molecular complexity index is 733. The van der Waals surface area contributed by atoms with Crippen LogP contribution < -0.4 is 9.05 Å². The van der Waals surface area contributed by atoms with Crippen molar-refractivity contribution in [3.63, 3.8) is 0 Å². The van der Waals surface area contributed by atoms with Gasteiger partial charge in [-0.25, -0.2) is 0 Å². The summed E-state index contributed by atoms with van der Waals surface area (Å²) in [6.07, 6.45) is 0.809. The van der Waals surface area contributed by atoms with Crippen molar-refractivity contribution in [2.45, 2.75) is 59.8 Å². The third-order valence-electron chi connectivity index (χ3n) is 4.97. The summed E-state index contributed by atoms with van der Waals surface area (Å²) in [7, 11) is -1.54. The molecule has 0 spiro atoms. The Kier molecular flexibility index (Phi) is 5.32. The molecule has 25 heavy (non-hydrogen) atoms. The van der Waals surface area contributed by atoms with E-state index in [9.17, 15) is 0 Å². The summed E-state index contributed by atoms with van der Waals surface area (Å²) in [5, 5.41) is 0. The molecule has 0 saturated carbocycles. The van der Waals surface area contributed by atoms with Crippen molar-refractivity contribution in [1.29, 1.82) is 0 Å². The molecule has 1 aliphatic heterocycles. The van der Waals surface area contributed by atoms with Gasteiger partial charge in [0.25, 0.3) is 0 Å². The van der Waals surface area contributed by atoms with Crippen molar-refractivity contribution < 1.29 is 9.05 Å². The molecule has 0 aromatic heterocycles. The van der Waals surface area contributed by atoms with Crippen LogP contribution in [0.3, 0.4) is 0 Å². The average molecular weight is 377 g/mol. The van der Waals surface area contributed by atoms with E-state index in [1.54, 1.807) is 0 Å². The van der Waals surface area contributed by atoms with Crippen molar-refractivity contribution in [2.24, 2.45) is 0 Å². The fourth-order valence-electron chi connectivity index (χ4n) is 3.39. The summed E-state index contributed by atoms with van der Waals surface area (Å²) in [5.41, 5.74) is 7.32. The third-order valence-corrected chi connectivity index (χ3v) is 6.04. The minimum absolute atomic E-state index is 0.372. The number of benzene rings is 2. The zero-order chi connectivity index (χ0) is 18.3. The van der Waals surface area contributed by atoms with Gasteiger partial charge < -0.3 is 9.05 Å². The standard InChI is InChI=1S/C21H26ClO2P/c1-12(2)16-9-7-14(5)18-11-19-15(6)8-10-17(13(3)4)21(19)24-25(22)23-20(16)18/h7-10,12-13H,11H2,1-6H3. The van der Waals surface area contributed by atoms with Crippen molar-refractivity contribution >= 4 is 19.0 Å².